The molecule has 7 nitrogen and oxygen atoms in total. The molecule has 0 aromatic heterocycles. The van der Waals surface area contributed by atoms with Crippen molar-refractivity contribution in [2.75, 3.05) is 27.4 Å². The number of carbonyl (C=O) groups is 2. The van der Waals surface area contributed by atoms with Gasteiger partial charge in [-0.05, 0) is 31.5 Å². The molecule has 1 N–H and O–H groups in total. The molecule has 0 unspecified atom stereocenters. The van der Waals surface area contributed by atoms with Crippen molar-refractivity contribution in [1.29, 1.82) is 0 Å². The van der Waals surface area contributed by atoms with Gasteiger partial charge in [0.2, 0.25) is 0 Å². The van der Waals surface area contributed by atoms with Crippen LogP contribution in [-0.2, 0) is 19.1 Å². The molecular formula is C18H23NO6. The molecule has 0 aliphatic carbocycles. The Hall–Kier alpha value is -2.38. The number of hydrogen-bond donors (Lipinski definition) is 1. The first kappa shape index (κ1) is 19.0. The number of carbonyl (C=O) groups excluding carboxylic acids is 2. The Morgan fingerprint density at radius 2 is 1.84 bits per heavy atom. The number of ketones is 1. The van der Waals surface area contributed by atoms with Crippen LogP contribution in [0.15, 0.2) is 35.6 Å². The fraction of sp³-hybridized carbons (Fsp3) is 0.444. The molecule has 25 heavy (non-hydrogen) atoms. The van der Waals surface area contributed by atoms with Crippen molar-refractivity contribution in [2.45, 2.75) is 26.2 Å². The normalized spacial score (nSPS) is 17.6. The number of ether oxygens (including phenoxy) is 3. The smallest absolute Gasteiger partial charge is 0.290 e. The van der Waals surface area contributed by atoms with Gasteiger partial charge in [-0.25, -0.2) is 0 Å². The lowest BCUT2D eigenvalue weighted by atomic mass is 9.96. The van der Waals surface area contributed by atoms with Gasteiger partial charge >= 0.3 is 0 Å². The minimum Gasteiger partial charge on any atom is -0.503 e. The standard InChI is InChI=1S/C18H23NO6/c1-5-25-13-8-6-12(7-9-13)16-15(11(2)20)17(21)18(22)19(16)10-14(23-3)24-4/h6-9,14,16,21H,5,10H2,1-4H3/t16-/m0/s1. The largest absolute Gasteiger partial charge is 0.503 e. The molecule has 1 aromatic carbocycles. The molecule has 0 saturated carbocycles. The number of amides is 1. The summed E-state index contributed by atoms with van der Waals surface area (Å²) in [4.78, 5) is 25.9. The maximum absolute atomic E-state index is 12.5. The summed E-state index contributed by atoms with van der Waals surface area (Å²) in [7, 11) is 2.92. The van der Waals surface area contributed by atoms with Crippen molar-refractivity contribution in [3.05, 3.63) is 41.2 Å². The molecule has 7 heteroatoms. The lowest BCUT2D eigenvalue weighted by molar-refractivity contribution is -0.144. The van der Waals surface area contributed by atoms with E-state index in [1.807, 2.05) is 6.92 Å². The highest BCUT2D eigenvalue weighted by Gasteiger charge is 2.43. The van der Waals surface area contributed by atoms with E-state index in [-0.39, 0.29) is 17.9 Å². The number of Topliss-reactive ketones (excluding diaryl/α,β-unsaturated/α-hetero) is 1. The van der Waals surface area contributed by atoms with Crippen LogP contribution in [0.3, 0.4) is 0 Å². The number of aliphatic hydroxyl groups is 1. The summed E-state index contributed by atoms with van der Waals surface area (Å²) in [6, 6.07) is 6.36. The molecule has 1 amide bonds. The van der Waals surface area contributed by atoms with Crippen LogP contribution in [0.4, 0.5) is 0 Å². The summed E-state index contributed by atoms with van der Waals surface area (Å²) < 4.78 is 15.7. The molecule has 2 rings (SSSR count). The van der Waals surface area contributed by atoms with E-state index in [9.17, 15) is 14.7 Å². The Morgan fingerprint density at radius 3 is 2.32 bits per heavy atom. The number of hydrogen-bond acceptors (Lipinski definition) is 6. The Morgan fingerprint density at radius 1 is 1.24 bits per heavy atom. The van der Waals surface area contributed by atoms with E-state index in [0.29, 0.717) is 17.9 Å². The second-order valence-electron chi connectivity index (χ2n) is 5.58. The fourth-order valence-electron chi connectivity index (χ4n) is 2.87. The van der Waals surface area contributed by atoms with E-state index in [0.717, 1.165) is 0 Å². The van der Waals surface area contributed by atoms with Gasteiger partial charge in [0.1, 0.15) is 5.75 Å². The van der Waals surface area contributed by atoms with Crippen LogP contribution in [-0.4, -0.2) is 55.4 Å². The monoisotopic (exact) mass is 349 g/mol. The molecule has 0 spiro atoms. The Bertz CT molecular complexity index is 663. The third-order valence-electron chi connectivity index (χ3n) is 4.06. The zero-order chi connectivity index (χ0) is 18.6. The van der Waals surface area contributed by atoms with E-state index in [1.54, 1.807) is 24.3 Å². The van der Waals surface area contributed by atoms with Crippen LogP contribution in [0.2, 0.25) is 0 Å². The van der Waals surface area contributed by atoms with E-state index in [4.69, 9.17) is 14.2 Å². The van der Waals surface area contributed by atoms with E-state index >= 15 is 0 Å². The maximum atomic E-state index is 12.5. The zero-order valence-electron chi connectivity index (χ0n) is 14.8. The average Bonchev–Trinajstić information content (AvgIpc) is 2.85. The highest BCUT2D eigenvalue weighted by molar-refractivity contribution is 6.08. The molecule has 1 aliphatic heterocycles. The fourth-order valence-corrected chi connectivity index (χ4v) is 2.87. The summed E-state index contributed by atoms with van der Waals surface area (Å²) in [5.41, 5.74) is 0.761. The Labute approximate surface area is 146 Å². The quantitative estimate of drug-likeness (QED) is 0.723. The first-order chi connectivity index (χ1) is 11.9. The molecule has 0 bridgehead atoms. The Kier molecular flexibility index (Phi) is 6.17. The van der Waals surface area contributed by atoms with Gasteiger partial charge in [-0.15, -0.1) is 0 Å². The highest BCUT2D eigenvalue weighted by Crippen LogP contribution is 2.38. The molecule has 1 aliphatic rings. The lowest BCUT2D eigenvalue weighted by Gasteiger charge is -2.29. The van der Waals surface area contributed by atoms with Crippen molar-refractivity contribution in [1.82, 2.24) is 4.90 Å². The van der Waals surface area contributed by atoms with Gasteiger partial charge < -0.3 is 24.2 Å². The van der Waals surface area contributed by atoms with Crippen LogP contribution < -0.4 is 4.74 Å². The Balaban J connectivity index is 2.42. The van der Waals surface area contributed by atoms with Crippen LogP contribution in [0.5, 0.6) is 5.75 Å². The van der Waals surface area contributed by atoms with E-state index in [2.05, 4.69) is 0 Å². The van der Waals surface area contributed by atoms with Gasteiger partial charge in [-0.2, -0.15) is 0 Å². The van der Waals surface area contributed by atoms with Crippen LogP contribution in [0, 0.1) is 0 Å². The van der Waals surface area contributed by atoms with Crippen LogP contribution in [0.1, 0.15) is 25.5 Å². The van der Waals surface area contributed by atoms with Crippen molar-refractivity contribution < 1.29 is 28.9 Å². The molecular weight excluding hydrogens is 326 g/mol. The molecule has 1 aromatic rings. The van der Waals surface area contributed by atoms with Gasteiger partial charge in [0.15, 0.2) is 17.8 Å². The van der Waals surface area contributed by atoms with Gasteiger partial charge in [0.05, 0.1) is 24.8 Å². The van der Waals surface area contributed by atoms with Crippen molar-refractivity contribution in [3.8, 4) is 5.75 Å². The molecule has 0 saturated heterocycles. The van der Waals surface area contributed by atoms with E-state index in [1.165, 1.54) is 26.0 Å². The highest BCUT2D eigenvalue weighted by atomic mass is 16.7. The number of nitrogens with zero attached hydrogens (tertiary/aromatic N) is 1. The lowest BCUT2D eigenvalue weighted by Crippen LogP contribution is -2.38. The summed E-state index contributed by atoms with van der Waals surface area (Å²) in [5.74, 6) is -0.828. The first-order valence-corrected chi connectivity index (χ1v) is 7.97. The maximum Gasteiger partial charge on any atom is 0.290 e. The van der Waals surface area contributed by atoms with Crippen molar-refractivity contribution >= 4 is 11.7 Å². The topological polar surface area (TPSA) is 85.3 Å². The average molecular weight is 349 g/mol. The minimum atomic E-state index is -0.700. The second-order valence-corrected chi connectivity index (χ2v) is 5.58. The van der Waals surface area contributed by atoms with Crippen molar-refractivity contribution in [3.63, 3.8) is 0 Å². The predicted octanol–water partition coefficient (Wildman–Crippen LogP) is 1.99. The van der Waals surface area contributed by atoms with Gasteiger partial charge in [0.25, 0.3) is 5.91 Å². The third-order valence-corrected chi connectivity index (χ3v) is 4.06. The van der Waals surface area contributed by atoms with Crippen molar-refractivity contribution in [2.24, 2.45) is 0 Å². The number of benzene rings is 1. The summed E-state index contributed by atoms with van der Waals surface area (Å²) in [6.45, 7) is 3.82. The van der Waals surface area contributed by atoms with Gasteiger partial charge in [-0.1, -0.05) is 12.1 Å². The molecule has 1 heterocycles. The first-order valence-electron chi connectivity index (χ1n) is 7.97. The van der Waals surface area contributed by atoms with Crippen LogP contribution >= 0.6 is 0 Å². The minimum absolute atomic E-state index is 0.0696. The molecule has 0 radical (unpaired) electrons. The number of methoxy groups -OCH3 is 2. The summed E-state index contributed by atoms with van der Waals surface area (Å²) >= 11 is 0. The molecule has 1 atom stereocenters. The third kappa shape index (κ3) is 3.83. The summed E-state index contributed by atoms with van der Waals surface area (Å²) in [6.07, 6.45) is -0.673. The van der Waals surface area contributed by atoms with Crippen LogP contribution in [0.25, 0.3) is 0 Å². The van der Waals surface area contributed by atoms with Gasteiger partial charge in [-0.3, -0.25) is 9.59 Å². The second kappa shape index (κ2) is 8.13. The number of rotatable bonds is 8. The zero-order valence-corrected chi connectivity index (χ0v) is 14.8. The molecule has 0 fully saturated rings. The molecule has 136 valence electrons. The predicted molar refractivity (Wildman–Crippen MR) is 90.2 cm³/mol. The van der Waals surface area contributed by atoms with Gasteiger partial charge in [0, 0.05) is 14.2 Å². The number of aliphatic hydroxyl groups excluding tert-OH is 1. The van der Waals surface area contributed by atoms with E-state index < -0.39 is 24.0 Å². The SMILES string of the molecule is CCOc1ccc([C@H]2C(C(C)=O)=C(O)C(=O)N2CC(OC)OC)cc1. The summed E-state index contributed by atoms with van der Waals surface area (Å²) in [5, 5.41) is 10.2.